The summed E-state index contributed by atoms with van der Waals surface area (Å²) < 4.78 is 6.10. The lowest BCUT2D eigenvalue weighted by Crippen LogP contribution is -2.34. The predicted octanol–water partition coefficient (Wildman–Crippen LogP) is 3.85. The quantitative estimate of drug-likeness (QED) is 0.744. The zero-order valence-electron chi connectivity index (χ0n) is 11.3. The summed E-state index contributed by atoms with van der Waals surface area (Å²) in [7, 11) is 0. The lowest BCUT2D eigenvalue weighted by atomic mass is 9.78. The van der Waals surface area contributed by atoms with Gasteiger partial charge >= 0.3 is 0 Å². The Morgan fingerprint density at radius 1 is 1.35 bits per heavy atom. The van der Waals surface area contributed by atoms with Gasteiger partial charge in [0.25, 0.3) is 0 Å². The van der Waals surface area contributed by atoms with E-state index in [2.05, 4.69) is 20.8 Å². The Labute approximate surface area is 104 Å². The summed E-state index contributed by atoms with van der Waals surface area (Å²) in [4.78, 5) is 12.0. The minimum Gasteiger partial charge on any atom is -0.494 e. The second kappa shape index (κ2) is 5.24. The fraction of sp³-hybridized carbons (Fsp3) is 0.800. The number of carbonyl (C=O) groups is 1. The topological polar surface area (TPSA) is 26.3 Å². The number of hydrogen-bond acceptors (Lipinski definition) is 2. The molecular formula is C15H24O2. The van der Waals surface area contributed by atoms with E-state index in [-0.39, 0.29) is 0 Å². The van der Waals surface area contributed by atoms with E-state index in [1.165, 1.54) is 0 Å². The standard InChI is InChI=1S/C15H24O2/c1-4-10(3)14-9-11(5-2)15-12(16)7-6-8-13(15)17-14/h10-11,14H,4-9H2,1-3H3/t10?,11-,14?/m0/s1. The number of ether oxygens (including phenoxy) is 1. The Bertz CT molecular complexity index is 330. The first-order valence-corrected chi connectivity index (χ1v) is 7.10. The molecule has 2 aliphatic rings. The van der Waals surface area contributed by atoms with E-state index in [1.54, 1.807) is 0 Å². The van der Waals surface area contributed by atoms with Crippen LogP contribution in [0.15, 0.2) is 11.3 Å². The Kier molecular flexibility index (Phi) is 3.90. The maximum absolute atomic E-state index is 12.0. The third-order valence-corrected chi connectivity index (χ3v) is 4.40. The highest BCUT2D eigenvalue weighted by Crippen LogP contribution is 2.40. The summed E-state index contributed by atoms with van der Waals surface area (Å²) in [5.41, 5.74) is 1.04. The molecule has 1 aliphatic carbocycles. The summed E-state index contributed by atoms with van der Waals surface area (Å²) >= 11 is 0. The van der Waals surface area contributed by atoms with Crippen LogP contribution >= 0.6 is 0 Å². The van der Waals surface area contributed by atoms with Crippen molar-refractivity contribution in [3.63, 3.8) is 0 Å². The zero-order valence-corrected chi connectivity index (χ0v) is 11.3. The van der Waals surface area contributed by atoms with E-state index in [1.807, 2.05) is 0 Å². The zero-order chi connectivity index (χ0) is 12.4. The molecule has 1 aliphatic heterocycles. The van der Waals surface area contributed by atoms with Gasteiger partial charge in [0.05, 0.1) is 0 Å². The van der Waals surface area contributed by atoms with Crippen molar-refractivity contribution in [2.45, 2.75) is 65.4 Å². The van der Waals surface area contributed by atoms with Gasteiger partial charge < -0.3 is 4.74 Å². The van der Waals surface area contributed by atoms with Crippen molar-refractivity contribution in [1.82, 2.24) is 0 Å². The van der Waals surface area contributed by atoms with Gasteiger partial charge in [0.1, 0.15) is 11.9 Å². The summed E-state index contributed by atoms with van der Waals surface area (Å²) in [5, 5.41) is 0. The molecule has 0 fully saturated rings. The molecule has 96 valence electrons. The van der Waals surface area contributed by atoms with Crippen LogP contribution in [-0.2, 0) is 9.53 Å². The normalized spacial score (nSPS) is 30.9. The fourth-order valence-corrected chi connectivity index (χ4v) is 3.02. The summed E-state index contributed by atoms with van der Waals surface area (Å²) in [6, 6.07) is 0. The number of rotatable bonds is 3. The van der Waals surface area contributed by atoms with E-state index in [4.69, 9.17) is 4.74 Å². The minimum absolute atomic E-state index is 0.328. The molecule has 0 amide bonds. The Morgan fingerprint density at radius 2 is 2.12 bits per heavy atom. The van der Waals surface area contributed by atoms with Gasteiger partial charge in [-0.1, -0.05) is 27.2 Å². The highest BCUT2D eigenvalue weighted by Gasteiger charge is 2.36. The molecule has 0 aromatic heterocycles. The van der Waals surface area contributed by atoms with E-state index in [0.29, 0.717) is 23.7 Å². The molecule has 3 atom stereocenters. The third kappa shape index (κ3) is 2.41. The SMILES string of the molecule is CCC(C)C1C[C@H](CC)C2=C(CCCC2=O)O1. The van der Waals surface area contributed by atoms with Crippen molar-refractivity contribution in [2.75, 3.05) is 0 Å². The maximum atomic E-state index is 12.0. The molecule has 0 N–H and O–H groups in total. The smallest absolute Gasteiger partial charge is 0.162 e. The Morgan fingerprint density at radius 3 is 2.76 bits per heavy atom. The van der Waals surface area contributed by atoms with E-state index in [0.717, 1.165) is 49.9 Å². The molecule has 2 unspecified atom stereocenters. The molecule has 0 aromatic rings. The second-order valence-electron chi connectivity index (χ2n) is 5.50. The monoisotopic (exact) mass is 236 g/mol. The van der Waals surface area contributed by atoms with E-state index in [9.17, 15) is 4.79 Å². The van der Waals surface area contributed by atoms with E-state index >= 15 is 0 Å². The number of carbonyl (C=O) groups excluding carboxylic acids is 1. The van der Waals surface area contributed by atoms with Crippen LogP contribution in [0.4, 0.5) is 0 Å². The van der Waals surface area contributed by atoms with Crippen LogP contribution in [0.1, 0.15) is 59.3 Å². The van der Waals surface area contributed by atoms with Crippen molar-refractivity contribution in [3.05, 3.63) is 11.3 Å². The summed E-state index contributed by atoms with van der Waals surface area (Å²) in [6.07, 6.45) is 6.27. The number of ketones is 1. The summed E-state index contributed by atoms with van der Waals surface area (Å²) in [5.74, 6) is 2.42. The first kappa shape index (κ1) is 12.7. The van der Waals surface area contributed by atoms with Gasteiger partial charge in [0.15, 0.2) is 5.78 Å². The Balaban J connectivity index is 2.24. The molecule has 2 heteroatoms. The van der Waals surface area contributed by atoms with Gasteiger partial charge in [-0.2, -0.15) is 0 Å². The molecule has 0 spiro atoms. The highest BCUT2D eigenvalue weighted by molar-refractivity contribution is 5.97. The van der Waals surface area contributed by atoms with Gasteiger partial charge in [0.2, 0.25) is 0 Å². The molecule has 0 aromatic carbocycles. The maximum Gasteiger partial charge on any atom is 0.162 e. The van der Waals surface area contributed by atoms with Gasteiger partial charge in [-0.3, -0.25) is 4.79 Å². The van der Waals surface area contributed by atoms with Crippen LogP contribution in [0.2, 0.25) is 0 Å². The van der Waals surface area contributed by atoms with Crippen molar-refractivity contribution >= 4 is 5.78 Å². The molecule has 0 bridgehead atoms. The van der Waals surface area contributed by atoms with Crippen molar-refractivity contribution in [3.8, 4) is 0 Å². The fourth-order valence-electron chi connectivity index (χ4n) is 3.02. The van der Waals surface area contributed by atoms with Crippen LogP contribution in [0.3, 0.4) is 0 Å². The minimum atomic E-state index is 0.328. The van der Waals surface area contributed by atoms with Crippen LogP contribution in [-0.4, -0.2) is 11.9 Å². The van der Waals surface area contributed by atoms with Crippen LogP contribution < -0.4 is 0 Å². The largest absolute Gasteiger partial charge is 0.494 e. The average Bonchev–Trinajstić information content (AvgIpc) is 2.36. The first-order valence-electron chi connectivity index (χ1n) is 7.10. The van der Waals surface area contributed by atoms with Gasteiger partial charge in [-0.25, -0.2) is 0 Å². The molecule has 0 saturated carbocycles. The summed E-state index contributed by atoms with van der Waals surface area (Å²) in [6.45, 7) is 6.66. The van der Waals surface area contributed by atoms with Crippen molar-refractivity contribution in [2.24, 2.45) is 11.8 Å². The lowest BCUT2D eigenvalue weighted by molar-refractivity contribution is -0.118. The molecule has 0 saturated heterocycles. The van der Waals surface area contributed by atoms with Crippen molar-refractivity contribution in [1.29, 1.82) is 0 Å². The van der Waals surface area contributed by atoms with Crippen LogP contribution in [0.25, 0.3) is 0 Å². The predicted molar refractivity (Wildman–Crippen MR) is 68.6 cm³/mol. The average molecular weight is 236 g/mol. The molecule has 2 rings (SSSR count). The second-order valence-corrected chi connectivity index (χ2v) is 5.50. The highest BCUT2D eigenvalue weighted by atomic mass is 16.5. The van der Waals surface area contributed by atoms with Gasteiger partial charge in [0, 0.05) is 18.4 Å². The van der Waals surface area contributed by atoms with Gasteiger partial charge in [-0.15, -0.1) is 0 Å². The number of hydrogen-bond donors (Lipinski definition) is 0. The third-order valence-electron chi connectivity index (χ3n) is 4.40. The van der Waals surface area contributed by atoms with E-state index < -0.39 is 0 Å². The lowest BCUT2D eigenvalue weighted by Gasteiger charge is -2.37. The Hall–Kier alpha value is -0.790. The molecule has 0 radical (unpaired) electrons. The molecule has 1 heterocycles. The van der Waals surface area contributed by atoms with Gasteiger partial charge in [-0.05, 0) is 31.1 Å². The number of Topliss-reactive ketones (excluding diaryl/α,β-unsaturated/α-hetero) is 1. The molecule has 2 nitrogen and oxygen atoms in total. The van der Waals surface area contributed by atoms with Crippen LogP contribution in [0, 0.1) is 11.8 Å². The van der Waals surface area contributed by atoms with Crippen LogP contribution in [0.5, 0.6) is 0 Å². The number of allylic oxidation sites excluding steroid dienone is 2. The molecule has 17 heavy (non-hydrogen) atoms. The molecular weight excluding hydrogens is 212 g/mol. The van der Waals surface area contributed by atoms with Crippen molar-refractivity contribution < 1.29 is 9.53 Å². The first-order chi connectivity index (χ1) is 8.17.